The molecule has 0 saturated carbocycles. The second-order valence-corrected chi connectivity index (χ2v) is 25.0. The fraction of sp³-hybridized carbons (Fsp3) is 0.0854. The van der Waals surface area contributed by atoms with Gasteiger partial charge in [-0.25, -0.2) is 15.0 Å². The first kappa shape index (κ1) is 48.9. The van der Waals surface area contributed by atoms with Gasteiger partial charge in [0.25, 0.3) is 0 Å². The van der Waals surface area contributed by atoms with Crippen LogP contribution in [0.25, 0.3) is 128 Å². The molecule has 4 aliphatic rings. The van der Waals surface area contributed by atoms with Gasteiger partial charge in [-0.2, -0.15) is 0 Å². The van der Waals surface area contributed by atoms with Crippen molar-refractivity contribution in [2.45, 2.75) is 43.9 Å². The van der Waals surface area contributed by atoms with Crippen LogP contribution in [-0.2, 0) is 16.2 Å². The first-order chi connectivity index (χ1) is 42.1. The van der Waals surface area contributed by atoms with Crippen LogP contribution in [0.1, 0.15) is 72.2 Å². The molecule has 4 aliphatic carbocycles. The molecule has 0 N–H and O–H groups in total. The van der Waals surface area contributed by atoms with Gasteiger partial charge in [0.1, 0.15) is 0 Å². The summed E-state index contributed by atoms with van der Waals surface area (Å²) in [5, 5.41) is 2.37. The predicted octanol–water partition coefficient (Wildman–Crippen LogP) is 20.3. The summed E-state index contributed by atoms with van der Waals surface area (Å²) in [4.78, 5) is 16.4. The molecule has 404 valence electrons. The third-order valence-electron chi connectivity index (χ3n) is 19.9. The molecule has 0 bridgehead atoms. The second-order valence-electron chi connectivity index (χ2n) is 25.0. The van der Waals surface area contributed by atoms with Gasteiger partial charge in [-0.1, -0.05) is 246 Å². The average molecular weight is 1100 g/mol. The normalized spacial score (nSPS) is 14.6. The third-order valence-corrected chi connectivity index (χ3v) is 19.9. The van der Waals surface area contributed by atoms with Crippen LogP contribution < -0.4 is 0 Å². The number of rotatable bonds is 6. The Hall–Kier alpha value is -10.6. The Labute approximate surface area is 500 Å². The summed E-state index contributed by atoms with van der Waals surface area (Å²) in [7, 11) is 0. The van der Waals surface area contributed by atoms with E-state index in [1.54, 1.807) is 0 Å². The highest BCUT2D eigenvalue weighted by Crippen LogP contribution is 2.63. The molecule has 86 heavy (non-hydrogen) atoms. The van der Waals surface area contributed by atoms with Gasteiger partial charge in [0.15, 0.2) is 17.5 Å². The molecule has 0 saturated heterocycles. The molecule has 0 aliphatic heterocycles. The maximum atomic E-state index is 5.47. The van der Waals surface area contributed by atoms with E-state index in [2.05, 4.69) is 299 Å². The van der Waals surface area contributed by atoms with Gasteiger partial charge in [-0.05, 0) is 160 Å². The van der Waals surface area contributed by atoms with Crippen molar-refractivity contribution in [3.05, 3.63) is 311 Å². The molecule has 2 heterocycles. The average Bonchev–Trinajstić information content (AvgIpc) is 1.52. The van der Waals surface area contributed by atoms with E-state index in [1.165, 1.54) is 111 Å². The maximum absolute atomic E-state index is 5.47. The lowest BCUT2D eigenvalue weighted by Crippen LogP contribution is -2.26. The van der Waals surface area contributed by atoms with Crippen LogP contribution in [0.3, 0.4) is 0 Å². The lowest BCUT2D eigenvalue weighted by molar-refractivity contribution is 0.660. The minimum absolute atomic E-state index is 0.190. The van der Waals surface area contributed by atoms with Crippen LogP contribution in [0.4, 0.5) is 0 Å². The standard InChI is InChI=1S/C82H56N4/c1-80(2)66-30-13-8-24-57(66)62-40-36-53(46-71(62)80)78-83-77(84-79(85-78)54-37-41-63-58-25-9-14-31-67(58)81(3,4)72(63)47-54)52-23-18-22-51(44-52)56-29-19-35-75-76(56)65-45-50(49-20-6-5-7-21-49)38-43-74(65)86(75)55-39-42-64-61-28-12-17-34-70(61)82(73(64)48-55)68-32-15-10-26-59(68)60-27-11-16-33-69(60)82/h5-48H,1-4H3. The quantitative estimate of drug-likeness (QED) is 0.167. The first-order valence-electron chi connectivity index (χ1n) is 30.1. The summed E-state index contributed by atoms with van der Waals surface area (Å²) < 4.78 is 2.51. The fourth-order valence-corrected chi connectivity index (χ4v) is 15.9. The number of benzene rings is 12. The highest BCUT2D eigenvalue weighted by atomic mass is 15.0. The molecule has 0 unspecified atom stereocenters. The topological polar surface area (TPSA) is 43.6 Å². The zero-order valence-electron chi connectivity index (χ0n) is 48.2. The molecule has 2 aromatic heterocycles. The highest BCUT2D eigenvalue weighted by Gasteiger charge is 2.51. The maximum Gasteiger partial charge on any atom is 0.164 e. The largest absolute Gasteiger partial charge is 0.309 e. The van der Waals surface area contributed by atoms with Gasteiger partial charge < -0.3 is 4.57 Å². The first-order valence-corrected chi connectivity index (χ1v) is 30.1. The van der Waals surface area contributed by atoms with E-state index in [0.29, 0.717) is 17.5 Å². The number of fused-ring (bicyclic) bond motifs is 19. The number of nitrogens with zero attached hydrogens (tertiary/aromatic N) is 4. The van der Waals surface area contributed by atoms with Crippen molar-refractivity contribution >= 4 is 21.8 Å². The molecule has 18 rings (SSSR count). The molecule has 12 aromatic carbocycles. The van der Waals surface area contributed by atoms with Gasteiger partial charge in [0.05, 0.1) is 16.4 Å². The molecule has 14 aromatic rings. The van der Waals surface area contributed by atoms with Crippen molar-refractivity contribution in [3.63, 3.8) is 0 Å². The van der Waals surface area contributed by atoms with E-state index in [1.807, 2.05) is 0 Å². The summed E-state index contributed by atoms with van der Waals surface area (Å²) in [5.41, 5.74) is 30.8. The van der Waals surface area contributed by atoms with Crippen molar-refractivity contribution in [3.8, 4) is 107 Å². The van der Waals surface area contributed by atoms with Gasteiger partial charge in [0.2, 0.25) is 0 Å². The van der Waals surface area contributed by atoms with Crippen molar-refractivity contribution in [2.24, 2.45) is 0 Å². The molecule has 0 fully saturated rings. The zero-order valence-corrected chi connectivity index (χ0v) is 48.2. The Balaban J connectivity index is 0.830. The van der Waals surface area contributed by atoms with Gasteiger partial charge >= 0.3 is 0 Å². The van der Waals surface area contributed by atoms with Crippen LogP contribution in [0.5, 0.6) is 0 Å². The molecule has 0 radical (unpaired) electrons. The summed E-state index contributed by atoms with van der Waals surface area (Å²) in [5.74, 6) is 1.92. The summed E-state index contributed by atoms with van der Waals surface area (Å²) >= 11 is 0. The zero-order chi connectivity index (χ0) is 57.2. The van der Waals surface area contributed by atoms with Crippen molar-refractivity contribution in [1.29, 1.82) is 0 Å². The van der Waals surface area contributed by atoms with E-state index in [-0.39, 0.29) is 10.8 Å². The van der Waals surface area contributed by atoms with Crippen LogP contribution in [0.15, 0.2) is 267 Å². The van der Waals surface area contributed by atoms with Crippen LogP contribution >= 0.6 is 0 Å². The van der Waals surface area contributed by atoms with E-state index in [4.69, 9.17) is 15.0 Å². The van der Waals surface area contributed by atoms with E-state index in [9.17, 15) is 0 Å². The number of hydrogen-bond acceptors (Lipinski definition) is 3. The lowest BCUT2D eigenvalue weighted by atomic mass is 9.70. The molecule has 0 atom stereocenters. The summed E-state index contributed by atoms with van der Waals surface area (Å²) in [6, 6.07) is 99.1. The molecule has 4 heteroatoms. The molecular weight excluding hydrogens is 1040 g/mol. The highest BCUT2D eigenvalue weighted by molar-refractivity contribution is 6.17. The summed E-state index contributed by atoms with van der Waals surface area (Å²) in [6.07, 6.45) is 0. The molecule has 0 amide bonds. The number of aromatic nitrogens is 4. The Bertz CT molecular complexity index is 5060. The van der Waals surface area contributed by atoms with E-state index >= 15 is 0 Å². The SMILES string of the molecule is CC1(C)c2ccccc2-c2ccc(-c3nc(-c4cccc(-c5cccc6c5c5cc(-c7ccccc7)ccc5n6-c5ccc6c(c5)C5(c7ccccc7-c7ccccc75)c5ccccc5-6)c4)nc(-c4ccc5c(c4)C(C)(C)c4ccccc4-5)n3)cc21. The third kappa shape index (κ3) is 6.67. The number of hydrogen-bond donors (Lipinski definition) is 0. The molecule has 1 spiro atoms. The van der Waals surface area contributed by atoms with Crippen LogP contribution in [-0.4, -0.2) is 19.5 Å². The Morgan fingerprint density at radius 2 is 0.663 bits per heavy atom. The van der Waals surface area contributed by atoms with E-state index in [0.717, 1.165) is 44.5 Å². The van der Waals surface area contributed by atoms with E-state index < -0.39 is 5.41 Å². The molecule has 4 nitrogen and oxygen atoms in total. The van der Waals surface area contributed by atoms with Gasteiger partial charge in [0, 0.05) is 44.0 Å². The molecular formula is C82H56N4. The fourth-order valence-electron chi connectivity index (χ4n) is 15.9. The van der Waals surface area contributed by atoms with Crippen LogP contribution in [0, 0.1) is 0 Å². The smallest absolute Gasteiger partial charge is 0.164 e. The minimum Gasteiger partial charge on any atom is -0.309 e. The monoisotopic (exact) mass is 1100 g/mol. The van der Waals surface area contributed by atoms with Gasteiger partial charge in [-0.15, -0.1) is 0 Å². The summed E-state index contributed by atoms with van der Waals surface area (Å²) in [6.45, 7) is 9.32. The van der Waals surface area contributed by atoms with Crippen molar-refractivity contribution in [1.82, 2.24) is 19.5 Å². The van der Waals surface area contributed by atoms with Crippen molar-refractivity contribution in [2.75, 3.05) is 0 Å². The van der Waals surface area contributed by atoms with Crippen molar-refractivity contribution < 1.29 is 0 Å². The van der Waals surface area contributed by atoms with Gasteiger partial charge in [-0.3, -0.25) is 0 Å². The predicted molar refractivity (Wildman–Crippen MR) is 353 cm³/mol. The minimum atomic E-state index is -0.472. The second kappa shape index (κ2) is 17.7. The lowest BCUT2D eigenvalue weighted by Gasteiger charge is -2.30. The Morgan fingerprint density at radius 3 is 1.22 bits per heavy atom. The Kier molecular flexibility index (Phi) is 10.1. The Morgan fingerprint density at radius 1 is 0.256 bits per heavy atom. The van der Waals surface area contributed by atoms with Crippen LogP contribution in [0.2, 0.25) is 0 Å².